The first-order valence-electron chi connectivity index (χ1n) is 19.5. The average Bonchev–Trinajstić information content (AvgIpc) is 3.92. The van der Waals surface area contributed by atoms with Crippen molar-refractivity contribution in [3.8, 4) is 27.9 Å². The van der Waals surface area contributed by atoms with Gasteiger partial charge in [0.25, 0.3) is 0 Å². The Morgan fingerprint density at radius 2 is 0.966 bits per heavy atom. The van der Waals surface area contributed by atoms with Gasteiger partial charge >= 0.3 is 0 Å². The number of nitrogens with zero attached hydrogens (tertiary/aromatic N) is 2. The second kappa shape index (κ2) is 13.5. The van der Waals surface area contributed by atoms with Crippen molar-refractivity contribution in [2.24, 2.45) is 5.73 Å². The largest absolute Gasteiger partial charge is 0.456 e. The molecule has 0 amide bonds. The van der Waals surface area contributed by atoms with Gasteiger partial charge in [-0.3, -0.25) is 0 Å². The Labute approximate surface area is 335 Å². The van der Waals surface area contributed by atoms with Gasteiger partial charge in [0.1, 0.15) is 22.3 Å². The van der Waals surface area contributed by atoms with E-state index in [0.717, 1.165) is 94.5 Å². The molecule has 0 aliphatic carbocycles. The predicted octanol–water partition coefficient (Wildman–Crippen LogP) is 14.5. The van der Waals surface area contributed by atoms with E-state index in [4.69, 9.17) is 14.6 Å². The van der Waals surface area contributed by atoms with Crippen molar-refractivity contribution < 1.29 is 8.83 Å². The summed E-state index contributed by atoms with van der Waals surface area (Å²) >= 11 is 0. The van der Waals surface area contributed by atoms with E-state index in [0.29, 0.717) is 0 Å². The van der Waals surface area contributed by atoms with Gasteiger partial charge in [-0.2, -0.15) is 0 Å². The molecule has 3 heterocycles. The third-order valence-electron chi connectivity index (χ3n) is 11.4. The molecule has 0 spiro atoms. The van der Waals surface area contributed by atoms with Gasteiger partial charge in [0.2, 0.25) is 0 Å². The summed E-state index contributed by atoms with van der Waals surface area (Å²) < 4.78 is 14.8. The fourth-order valence-corrected chi connectivity index (χ4v) is 8.64. The number of hydrogen-bond acceptors (Lipinski definition) is 4. The van der Waals surface area contributed by atoms with Crippen LogP contribution in [0.25, 0.3) is 88.8 Å². The normalized spacial score (nSPS) is 11.9. The van der Waals surface area contributed by atoms with Gasteiger partial charge in [-0.15, -0.1) is 0 Å². The summed E-state index contributed by atoms with van der Waals surface area (Å²) in [5.74, 6) is 0. The minimum Gasteiger partial charge on any atom is -0.456 e. The highest BCUT2D eigenvalue weighted by Crippen LogP contribution is 2.41. The molecule has 3 aromatic heterocycles. The summed E-state index contributed by atoms with van der Waals surface area (Å²) in [5, 5.41) is 5.54. The summed E-state index contributed by atoms with van der Waals surface area (Å²) in [6.45, 7) is 2.15. The predicted molar refractivity (Wildman–Crippen MR) is 241 cm³/mol. The van der Waals surface area contributed by atoms with Crippen molar-refractivity contribution in [2.45, 2.75) is 6.92 Å². The molecule has 11 rings (SSSR count). The number of para-hydroxylation sites is 2. The van der Waals surface area contributed by atoms with Gasteiger partial charge in [-0.25, -0.2) is 0 Å². The van der Waals surface area contributed by atoms with E-state index in [1.807, 2.05) is 24.3 Å². The molecule has 2 N–H and O–H groups in total. The smallest absolute Gasteiger partial charge is 0.139 e. The molecule has 0 bridgehead atoms. The molecular formula is C53H37N3O2. The Morgan fingerprint density at radius 3 is 1.66 bits per heavy atom. The zero-order valence-electron chi connectivity index (χ0n) is 31.8. The molecule has 0 atom stereocenters. The summed E-state index contributed by atoms with van der Waals surface area (Å²) in [6, 6.07) is 64.3. The maximum absolute atomic E-state index is 6.33. The summed E-state index contributed by atoms with van der Waals surface area (Å²) in [4.78, 5) is 2.32. The second-order valence-electron chi connectivity index (χ2n) is 14.8. The van der Waals surface area contributed by atoms with Gasteiger partial charge in [-0.05, 0) is 120 Å². The van der Waals surface area contributed by atoms with E-state index in [-0.39, 0.29) is 0 Å². The molecule has 0 unspecified atom stereocenters. The highest BCUT2D eigenvalue weighted by atomic mass is 16.3. The van der Waals surface area contributed by atoms with Gasteiger partial charge < -0.3 is 24.0 Å². The van der Waals surface area contributed by atoms with Crippen LogP contribution in [0.2, 0.25) is 0 Å². The fourth-order valence-electron chi connectivity index (χ4n) is 8.64. The lowest BCUT2D eigenvalue weighted by molar-refractivity contribution is 0.656. The van der Waals surface area contributed by atoms with E-state index in [1.54, 1.807) is 6.20 Å². The second-order valence-corrected chi connectivity index (χ2v) is 14.8. The van der Waals surface area contributed by atoms with Crippen LogP contribution in [0.15, 0.2) is 197 Å². The highest BCUT2D eigenvalue weighted by Gasteiger charge is 2.18. The van der Waals surface area contributed by atoms with Gasteiger partial charge in [0.05, 0.1) is 5.52 Å². The first-order valence-corrected chi connectivity index (χ1v) is 19.5. The van der Waals surface area contributed by atoms with Crippen molar-refractivity contribution in [2.75, 3.05) is 4.90 Å². The van der Waals surface area contributed by atoms with Gasteiger partial charge in [0.15, 0.2) is 0 Å². The summed E-state index contributed by atoms with van der Waals surface area (Å²) in [7, 11) is 0. The third-order valence-corrected chi connectivity index (χ3v) is 11.4. The van der Waals surface area contributed by atoms with Crippen LogP contribution in [-0.2, 0) is 0 Å². The highest BCUT2D eigenvalue weighted by molar-refractivity contribution is 6.15. The third kappa shape index (κ3) is 5.47. The zero-order chi connectivity index (χ0) is 38.7. The molecule has 5 heteroatoms. The van der Waals surface area contributed by atoms with Crippen LogP contribution in [0.3, 0.4) is 0 Å². The number of fused-ring (bicyclic) bond motifs is 7. The molecular weight excluding hydrogens is 711 g/mol. The van der Waals surface area contributed by atoms with Crippen molar-refractivity contribution in [3.63, 3.8) is 0 Å². The number of anilines is 3. The van der Waals surface area contributed by atoms with E-state index in [2.05, 4.69) is 180 Å². The zero-order valence-corrected chi connectivity index (χ0v) is 31.8. The van der Waals surface area contributed by atoms with Crippen LogP contribution in [0.4, 0.5) is 17.1 Å². The molecule has 276 valence electrons. The first kappa shape index (κ1) is 33.6. The lowest BCUT2D eigenvalue weighted by Gasteiger charge is -2.26. The fraction of sp³-hybridized carbons (Fsp3) is 0.0189. The first-order chi connectivity index (χ1) is 28.6. The number of rotatable bonds is 7. The van der Waals surface area contributed by atoms with Crippen LogP contribution in [0.1, 0.15) is 11.3 Å². The molecule has 0 radical (unpaired) electrons. The molecule has 0 aliphatic rings. The van der Waals surface area contributed by atoms with E-state index < -0.39 is 0 Å². The maximum Gasteiger partial charge on any atom is 0.139 e. The van der Waals surface area contributed by atoms with Crippen molar-refractivity contribution in [1.82, 2.24) is 4.57 Å². The van der Waals surface area contributed by atoms with E-state index >= 15 is 0 Å². The molecule has 0 fully saturated rings. The van der Waals surface area contributed by atoms with E-state index in [1.165, 1.54) is 16.5 Å². The minimum absolute atomic E-state index is 0.821. The number of benzene rings is 8. The van der Waals surface area contributed by atoms with Crippen LogP contribution in [-0.4, -0.2) is 4.57 Å². The summed E-state index contributed by atoms with van der Waals surface area (Å²) in [5.41, 5.74) is 21.6. The lowest BCUT2D eigenvalue weighted by atomic mass is 10.0. The van der Waals surface area contributed by atoms with Gasteiger partial charge in [-0.1, -0.05) is 97.1 Å². The Bertz CT molecular complexity index is 3330. The van der Waals surface area contributed by atoms with Crippen LogP contribution >= 0.6 is 0 Å². The monoisotopic (exact) mass is 747 g/mol. The van der Waals surface area contributed by atoms with Crippen LogP contribution < -0.4 is 10.6 Å². The van der Waals surface area contributed by atoms with Crippen LogP contribution in [0, 0.1) is 6.92 Å². The topological polar surface area (TPSA) is 60.5 Å². The average molecular weight is 748 g/mol. The lowest BCUT2D eigenvalue weighted by Crippen LogP contribution is -2.10. The number of nitrogens with two attached hydrogens (primary N) is 1. The van der Waals surface area contributed by atoms with Crippen LogP contribution in [0.5, 0.6) is 0 Å². The molecule has 8 aromatic carbocycles. The van der Waals surface area contributed by atoms with Crippen molar-refractivity contribution >= 4 is 77.9 Å². The van der Waals surface area contributed by atoms with Crippen molar-refractivity contribution in [1.29, 1.82) is 0 Å². The molecule has 0 aliphatic heterocycles. The molecule has 0 saturated heterocycles. The number of furan rings is 2. The summed E-state index contributed by atoms with van der Waals surface area (Å²) in [6.07, 6.45) is 3.61. The Kier molecular flexibility index (Phi) is 7.79. The van der Waals surface area contributed by atoms with E-state index in [9.17, 15) is 0 Å². The number of aromatic nitrogens is 1. The molecule has 0 saturated carbocycles. The molecule has 11 aromatic rings. The standard InChI is InChI=1S/C53H37N3O2/c1-34-43(29-30-54)44-11-5-7-13-49(44)55(34)39-24-26-42(27-25-39)56(40-20-15-36(16-21-40)35-9-3-2-4-10-35)41-22-17-37(18-23-41)38-19-28-51-46(31-38)48-32-47-45-12-6-8-14-50(45)57-52(47)33-53(48)58-51/h2-33H,54H2,1H3/b30-29-. The maximum atomic E-state index is 6.33. The Morgan fingerprint density at radius 1 is 0.448 bits per heavy atom. The Balaban J connectivity index is 0.982. The quantitative estimate of drug-likeness (QED) is 0.176. The molecule has 58 heavy (non-hydrogen) atoms. The Hall–Kier alpha value is -7.76. The minimum atomic E-state index is 0.821. The SMILES string of the molecule is Cc1c(/C=C\N)c2ccccc2n1-c1ccc(N(c2ccc(-c3ccccc3)cc2)c2ccc(-c3ccc4oc5cc6oc7ccccc7c6cc5c4c3)cc2)cc1. The molecule has 5 nitrogen and oxygen atoms in total. The van der Waals surface area contributed by atoms with Crippen molar-refractivity contribution in [3.05, 3.63) is 199 Å². The van der Waals surface area contributed by atoms with Gasteiger partial charge in [0, 0.05) is 67.0 Å². The number of hydrogen-bond donors (Lipinski definition) is 1.